The molecule has 5 atom stereocenters. The maximum Gasteiger partial charge on any atom is 0.331 e. The zero-order valence-corrected chi connectivity index (χ0v) is 16.3. The van der Waals surface area contributed by atoms with Gasteiger partial charge in [-0.15, -0.1) is 0 Å². The topological polar surface area (TPSA) is 143 Å². The van der Waals surface area contributed by atoms with Gasteiger partial charge in [0.05, 0.1) is 6.61 Å². The van der Waals surface area contributed by atoms with Crippen LogP contribution in [0.15, 0.2) is 54.6 Å². The largest absolute Gasteiger partial charge is 0.508 e. The maximum absolute atomic E-state index is 12.2. The van der Waals surface area contributed by atoms with E-state index < -0.39 is 43.3 Å². The Morgan fingerprint density at radius 1 is 1.00 bits per heavy atom. The molecule has 1 fully saturated rings. The van der Waals surface area contributed by atoms with Crippen molar-refractivity contribution in [3.05, 3.63) is 65.7 Å². The second-order valence-corrected chi connectivity index (χ2v) is 6.84. The van der Waals surface area contributed by atoms with Gasteiger partial charge in [-0.25, -0.2) is 4.79 Å². The summed E-state index contributed by atoms with van der Waals surface area (Å²) in [6, 6.07) is 12.0. The summed E-state index contributed by atoms with van der Waals surface area (Å²) >= 11 is 0. The number of aldehydes is 1. The van der Waals surface area contributed by atoms with Gasteiger partial charge in [-0.1, -0.05) is 12.1 Å². The molecule has 1 aliphatic heterocycles. The number of hydrogen-bond donors (Lipinski definition) is 4. The van der Waals surface area contributed by atoms with Crippen molar-refractivity contribution in [2.24, 2.45) is 0 Å². The van der Waals surface area contributed by atoms with Crippen LogP contribution in [-0.2, 0) is 14.3 Å². The van der Waals surface area contributed by atoms with Gasteiger partial charge < -0.3 is 34.6 Å². The molecule has 4 N–H and O–H groups in total. The summed E-state index contributed by atoms with van der Waals surface area (Å²) in [6.45, 7) is -0.602. The van der Waals surface area contributed by atoms with Crippen molar-refractivity contribution >= 4 is 18.3 Å². The summed E-state index contributed by atoms with van der Waals surface area (Å²) in [5.74, 6) is -0.501. The van der Waals surface area contributed by atoms with E-state index in [2.05, 4.69) is 0 Å². The molecule has 1 aliphatic rings. The molecule has 0 spiro atoms. The Morgan fingerprint density at radius 3 is 2.26 bits per heavy atom. The normalized spacial score (nSPS) is 25.8. The molecule has 0 aromatic heterocycles. The number of esters is 1. The molecule has 9 nitrogen and oxygen atoms in total. The third kappa shape index (κ3) is 5.68. The molecule has 0 saturated carbocycles. The molecule has 0 unspecified atom stereocenters. The predicted molar refractivity (Wildman–Crippen MR) is 107 cm³/mol. The van der Waals surface area contributed by atoms with Crippen LogP contribution in [0.2, 0.25) is 0 Å². The number of carbonyl (C=O) groups is 2. The lowest BCUT2D eigenvalue weighted by atomic mass is 9.99. The minimum atomic E-state index is -1.56. The highest BCUT2D eigenvalue weighted by Gasteiger charge is 2.47. The number of ether oxygens (including phenoxy) is 3. The first-order chi connectivity index (χ1) is 14.9. The van der Waals surface area contributed by atoms with E-state index in [4.69, 9.17) is 14.2 Å². The fourth-order valence-corrected chi connectivity index (χ4v) is 2.97. The molecular weight excluding hydrogens is 408 g/mol. The fourth-order valence-electron chi connectivity index (χ4n) is 2.97. The molecule has 164 valence electrons. The van der Waals surface area contributed by atoms with Gasteiger partial charge in [-0.05, 0) is 48.0 Å². The summed E-state index contributed by atoms with van der Waals surface area (Å²) in [7, 11) is 0. The number of aromatic hydroxyl groups is 1. The Kier molecular flexibility index (Phi) is 7.37. The first kappa shape index (κ1) is 22.4. The molecular formula is C22H22O9. The van der Waals surface area contributed by atoms with E-state index in [1.165, 1.54) is 42.5 Å². The number of rotatable bonds is 7. The maximum atomic E-state index is 12.2. The summed E-state index contributed by atoms with van der Waals surface area (Å²) in [6.07, 6.45) is -3.80. The van der Waals surface area contributed by atoms with Crippen LogP contribution in [0.5, 0.6) is 11.5 Å². The van der Waals surface area contributed by atoms with Crippen molar-refractivity contribution in [3.8, 4) is 11.5 Å². The van der Waals surface area contributed by atoms with E-state index in [9.17, 15) is 30.0 Å². The van der Waals surface area contributed by atoms with E-state index in [1.807, 2.05) is 0 Å². The lowest BCUT2D eigenvalue weighted by Crippen LogP contribution is -2.61. The predicted octanol–water partition coefficient (Wildman–Crippen LogP) is 0.648. The highest BCUT2D eigenvalue weighted by atomic mass is 16.7. The molecule has 3 rings (SSSR count). The number of phenols is 1. The van der Waals surface area contributed by atoms with Crippen LogP contribution in [0.4, 0.5) is 0 Å². The van der Waals surface area contributed by atoms with Crippen LogP contribution in [0.1, 0.15) is 15.9 Å². The molecule has 0 radical (unpaired) electrons. The molecule has 2 aromatic rings. The van der Waals surface area contributed by atoms with Crippen LogP contribution in [0, 0.1) is 0 Å². The monoisotopic (exact) mass is 430 g/mol. The average molecular weight is 430 g/mol. The highest BCUT2D eigenvalue weighted by molar-refractivity contribution is 5.87. The van der Waals surface area contributed by atoms with Gasteiger partial charge in [-0.3, -0.25) is 4.79 Å². The number of aliphatic hydroxyl groups excluding tert-OH is 3. The molecule has 9 heteroatoms. The van der Waals surface area contributed by atoms with E-state index in [0.717, 1.165) is 6.08 Å². The van der Waals surface area contributed by atoms with Crippen molar-refractivity contribution in [1.29, 1.82) is 0 Å². The Hall–Kier alpha value is -3.24. The molecule has 2 aromatic carbocycles. The molecule has 31 heavy (non-hydrogen) atoms. The van der Waals surface area contributed by atoms with Crippen LogP contribution >= 0.6 is 0 Å². The summed E-state index contributed by atoms with van der Waals surface area (Å²) < 4.78 is 16.2. The molecule has 1 saturated heterocycles. The molecule has 0 bridgehead atoms. The van der Waals surface area contributed by atoms with Gasteiger partial charge in [0, 0.05) is 11.6 Å². The van der Waals surface area contributed by atoms with Crippen molar-refractivity contribution < 1.29 is 44.2 Å². The number of hydrogen-bond acceptors (Lipinski definition) is 9. The zero-order valence-electron chi connectivity index (χ0n) is 16.3. The van der Waals surface area contributed by atoms with Crippen LogP contribution < -0.4 is 4.74 Å². The Balaban J connectivity index is 1.69. The number of carbonyl (C=O) groups excluding carboxylic acids is 2. The van der Waals surface area contributed by atoms with Crippen molar-refractivity contribution in [2.75, 3.05) is 6.61 Å². The Labute approximate surface area is 177 Å². The number of benzene rings is 2. The lowest BCUT2D eigenvalue weighted by molar-refractivity contribution is -0.280. The fraction of sp³-hybridized carbons (Fsp3) is 0.273. The Bertz CT molecular complexity index is 908. The third-order valence-corrected chi connectivity index (χ3v) is 4.65. The number of phenolic OH excluding ortho intramolecular Hbond substituents is 1. The van der Waals surface area contributed by atoms with E-state index >= 15 is 0 Å². The molecule has 1 heterocycles. The Morgan fingerprint density at radius 2 is 1.65 bits per heavy atom. The smallest absolute Gasteiger partial charge is 0.331 e. The summed E-state index contributed by atoms with van der Waals surface area (Å²) in [4.78, 5) is 23.0. The lowest BCUT2D eigenvalue weighted by Gasteiger charge is -2.41. The quantitative estimate of drug-likeness (QED) is 0.283. The second kappa shape index (κ2) is 10.2. The van der Waals surface area contributed by atoms with Crippen molar-refractivity contribution in [2.45, 2.75) is 30.7 Å². The van der Waals surface area contributed by atoms with Crippen molar-refractivity contribution in [1.82, 2.24) is 0 Å². The SMILES string of the molecule is O=Cc1ccc(O[C@H]2O[C@H](CO)[C@@H](O)[C@H](OC(=O)/C=C\c3ccc(O)cc3)[C@H]2O)cc1. The average Bonchev–Trinajstić information content (AvgIpc) is 2.78. The van der Waals surface area contributed by atoms with Crippen molar-refractivity contribution in [3.63, 3.8) is 0 Å². The van der Waals surface area contributed by atoms with Gasteiger partial charge in [0.1, 0.15) is 30.0 Å². The molecule has 0 aliphatic carbocycles. The van der Waals surface area contributed by atoms with Crippen LogP contribution in [-0.4, -0.2) is 70.0 Å². The summed E-state index contributed by atoms with van der Waals surface area (Å²) in [5.41, 5.74) is 1.05. The van der Waals surface area contributed by atoms with E-state index in [0.29, 0.717) is 17.4 Å². The van der Waals surface area contributed by atoms with Crippen LogP contribution in [0.3, 0.4) is 0 Å². The van der Waals surface area contributed by atoms with Gasteiger partial charge >= 0.3 is 5.97 Å². The van der Waals surface area contributed by atoms with Gasteiger partial charge in [0.25, 0.3) is 0 Å². The number of aliphatic hydroxyl groups is 3. The van der Waals surface area contributed by atoms with Crippen LogP contribution in [0.25, 0.3) is 6.08 Å². The minimum absolute atomic E-state index is 0.0788. The van der Waals surface area contributed by atoms with Gasteiger partial charge in [0.15, 0.2) is 12.2 Å². The molecule has 0 amide bonds. The first-order valence-electron chi connectivity index (χ1n) is 9.43. The highest BCUT2D eigenvalue weighted by Crippen LogP contribution is 2.26. The summed E-state index contributed by atoms with van der Waals surface area (Å²) in [5, 5.41) is 39.7. The van der Waals surface area contributed by atoms with Gasteiger partial charge in [0.2, 0.25) is 6.29 Å². The van der Waals surface area contributed by atoms with E-state index in [-0.39, 0.29) is 11.5 Å². The minimum Gasteiger partial charge on any atom is -0.508 e. The standard InChI is InChI=1S/C22H22O9/c23-11-14-3-8-16(9-4-14)29-22-20(28)21(19(27)17(12-24)30-22)31-18(26)10-5-13-1-6-15(25)7-2-13/h1-11,17,19-22,24-25,27-28H,12H2/b10-5-/t17-,19-,20-,21+,22+/m1/s1. The van der Waals surface area contributed by atoms with E-state index in [1.54, 1.807) is 12.1 Å². The first-order valence-corrected chi connectivity index (χ1v) is 9.43. The third-order valence-electron chi connectivity index (χ3n) is 4.65. The zero-order chi connectivity index (χ0) is 22.4. The van der Waals surface area contributed by atoms with Gasteiger partial charge in [-0.2, -0.15) is 0 Å². The second-order valence-electron chi connectivity index (χ2n) is 6.84.